The van der Waals surface area contributed by atoms with Gasteiger partial charge in [0.05, 0.1) is 29.1 Å². The highest BCUT2D eigenvalue weighted by Crippen LogP contribution is 2.40. The molecule has 0 N–H and O–H groups in total. The molecule has 31 heavy (non-hydrogen) atoms. The first-order chi connectivity index (χ1) is 14.8. The minimum absolute atomic E-state index is 0.0737. The highest BCUT2D eigenvalue weighted by Gasteiger charge is 2.38. The first kappa shape index (κ1) is 21.3. The number of carbonyl (C=O) groups is 1. The molecule has 0 saturated carbocycles. The number of nitrogens with zero attached hydrogens (tertiary/aromatic N) is 6. The fraction of sp³-hybridized carbons (Fsp3) is 0.550. The number of fused-ring (bicyclic) bond motifs is 1. The van der Waals surface area contributed by atoms with Crippen molar-refractivity contribution in [3.8, 4) is 0 Å². The van der Waals surface area contributed by atoms with Crippen LogP contribution in [0.1, 0.15) is 49.6 Å². The van der Waals surface area contributed by atoms with Crippen molar-refractivity contribution in [2.75, 3.05) is 13.1 Å². The van der Waals surface area contributed by atoms with Gasteiger partial charge in [-0.05, 0) is 25.3 Å². The predicted octanol–water partition coefficient (Wildman–Crippen LogP) is 3.44. The number of aryl methyl sites for hydroxylation is 1. The first-order valence-electron chi connectivity index (χ1n) is 10.3. The van der Waals surface area contributed by atoms with Crippen molar-refractivity contribution < 1.29 is 22.5 Å². The highest BCUT2D eigenvalue weighted by molar-refractivity contribution is 5.82. The minimum Gasteiger partial charge on any atom is -0.342 e. The molecule has 3 aromatic rings. The van der Waals surface area contributed by atoms with Gasteiger partial charge in [0.2, 0.25) is 5.91 Å². The maximum Gasteiger partial charge on any atom is 0.417 e. The van der Waals surface area contributed by atoms with Crippen molar-refractivity contribution in [3.05, 3.63) is 35.7 Å². The SMILES string of the molecule is CCc1cc(C(F)(F)F)c2c([C@H]3CCCN(C(=O)[C@H](C)Cn4cncn4)C3)noc2n1. The molecule has 0 aliphatic carbocycles. The van der Waals surface area contributed by atoms with Gasteiger partial charge in [-0.2, -0.15) is 18.3 Å². The van der Waals surface area contributed by atoms with E-state index in [2.05, 4.69) is 20.2 Å². The Morgan fingerprint density at radius 3 is 2.87 bits per heavy atom. The normalized spacial score (nSPS) is 18.5. The standard InChI is InChI=1S/C20H23F3N6O2/c1-3-14-7-15(20(21,22)23)16-17(27-31-18(16)26-14)13-5-4-6-28(9-13)19(30)12(2)8-29-11-24-10-25-29/h7,10-13H,3-6,8-9H2,1-2H3/t12-,13+/m1/s1. The summed E-state index contributed by atoms with van der Waals surface area (Å²) in [5, 5.41) is 7.89. The van der Waals surface area contributed by atoms with E-state index in [0.717, 1.165) is 6.07 Å². The van der Waals surface area contributed by atoms with E-state index in [-0.39, 0.29) is 41.1 Å². The first-order valence-corrected chi connectivity index (χ1v) is 10.3. The van der Waals surface area contributed by atoms with E-state index in [4.69, 9.17) is 4.52 Å². The van der Waals surface area contributed by atoms with Crippen LogP contribution in [0.5, 0.6) is 0 Å². The van der Waals surface area contributed by atoms with Crippen LogP contribution < -0.4 is 0 Å². The molecular weight excluding hydrogens is 413 g/mol. The van der Waals surface area contributed by atoms with Crippen LogP contribution in [0.3, 0.4) is 0 Å². The Kier molecular flexibility index (Phi) is 5.67. The third-order valence-corrected chi connectivity index (χ3v) is 5.66. The molecule has 1 fully saturated rings. The Morgan fingerprint density at radius 2 is 2.19 bits per heavy atom. The zero-order valence-electron chi connectivity index (χ0n) is 17.3. The van der Waals surface area contributed by atoms with Crippen LogP contribution in [0.2, 0.25) is 0 Å². The third-order valence-electron chi connectivity index (χ3n) is 5.66. The quantitative estimate of drug-likeness (QED) is 0.609. The van der Waals surface area contributed by atoms with Gasteiger partial charge >= 0.3 is 6.18 Å². The van der Waals surface area contributed by atoms with Crippen LogP contribution in [-0.4, -0.2) is 48.8 Å². The van der Waals surface area contributed by atoms with Gasteiger partial charge in [0.15, 0.2) is 0 Å². The number of carbonyl (C=O) groups excluding carboxylic acids is 1. The molecule has 0 radical (unpaired) electrons. The van der Waals surface area contributed by atoms with Gasteiger partial charge in [-0.1, -0.05) is 19.0 Å². The number of amides is 1. The molecule has 3 aromatic heterocycles. The zero-order valence-corrected chi connectivity index (χ0v) is 17.3. The Morgan fingerprint density at radius 1 is 1.39 bits per heavy atom. The van der Waals surface area contributed by atoms with E-state index in [1.165, 1.54) is 6.33 Å². The van der Waals surface area contributed by atoms with Crippen LogP contribution in [0.15, 0.2) is 23.2 Å². The summed E-state index contributed by atoms with van der Waals surface area (Å²) in [7, 11) is 0. The fourth-order valence-electron chi connectivity index (χ4n) is 4.11. The lowest BCUT2D eigenvalue weighted by atomic mass is 9.91. The largest absolute Gasteiger partial charge is 0.417 e. The van der Waals surface area contributed by atoms with Crippen molar-refractivity contribution in [1.29, 1.82) is 0 Å². The number of alkyl halides is 3. The number of hydrogen-bond donors (Lipinski definition) is 0. The van der Waals surface area contributed by atoms with Crippen LogP contribution in [0.4, 0.5) is 13.2 Å². The maximum absolute atomic E-state index is 13.8. The molecule has 166 valence electrons. The molecule has 1 amide bonds. The van der Waals surface area contributed by atoms with E-state index >= 15 is 0 Å². The number of pyridine rings is 1. The van der Waals surface area contributed by atoms with Gasteiger partial charge in [-0.25, -0.2) is 9.97 Å². The molecular formula is C20H23F3N6O2. The van der Waals surface area contributed by atoms with Crippen molar-refractivity contribution in [3.63, 3.8) is 0 Å². The molecule has 1 aliphatic rings. The van der Waals surface area contributed by atoms with Crippen LogP contribution >= 0.6 is 0 Å². The maximum atomic E-state index is 13.8. The summed E-state index contributed by atoms with van der Waals surface area (Å²) in [6.07, 6.45) is 0.0330. The zero-order chi connectivity index (χ0) is 22.2. The molecule has 0 aromatic carbocycles. The van der Waals surface area contributed by atoms with Crippen molar-refractivity contribution in [2.24, 2.45) is 5.92 Å². The average Bonchev–Trinajstić information content (AvgIpc) is 3.41. The average molecular weight is 436 g/mol. The number of rotatable bonds is 5. The van der Waals surface area contributed by atoms with Crippen LogP contribution in [0.25, 0.3) is 11.1 Å². The molecule has 4 heterocycles. The van der Waals surface area contributed by atoms with Crippen LogP contribution in [-0.2, 0) is 23.9 Å². The summed E-state index contributed by atoms with van der Waals surface area (Å²) in [5.41, 5.74) is -0.373. The number of aromatic nitrogens is 5. The molecule has 0 spiro atoms. The Bertz CT molecular complexity index is 1060. The third kappa shape index (κ3) is 4.26. The van der Waals surface area contributed by atoms with Gasteiger partial charge in [0.1, 0.15) is 12.7 Å². The molecule has 8 nitrogen and oxygen atoms in total. The summed E-state index contributed by atoms with van der Waals surface area (Å²) in [4.78, 5) is 22.7. The summed E-state index contributed by atoms with van der Waals surface area (Å²) in [6.45, 7) is 4.76. The van der Waals surface area contributed by atoms with Gasteiger partial charge in [-0.15, -0.1) is 0 Å². The Balaban J connectivity index is 1.60. The van der Waals surface area contributed by atoms with Gasteiger partial charge in [0, 0.05) is 24.7 Å². The van der Waals surface area contributed by atoms with Gasteiger partial charge < -0.3 is 9.42 Å². The van der Waals surface area contributed by atoms with Crippen molar-refractivity contribution >= 4 is 17.0 Å². The Hall–Kier alpha value is -2.98. The lowest BCUT2D eigenvalue weighted by molar-refractivity contribution is -0.137. The molecule has 11 heteroatoms. The smallest absolute Gasteiger partial charge is 0.342 e. The molecule has 0 unspecified atom stereocenters. The monoisotopic (exact) mass is 436 g/mol. The molecule has 1 aliphatic heterocycles. The van der Waals surface area contributed by atoms with Gasteiger partial charge in [0.25, 0.3) is 5.71 Å². The summed E-state index contributed by atoms with van der Waals surface area (Å²) < 4.78 is 48.1. The topological polar surface area (TPSA) is 89.9 Å². The fourth-order valence-corrected chi connectivity index (χ4v) is 4.11. The van der Waals surface area contributed by atoms with Crippen molar-refractivity contribution in [2.45, 2.75) is 51.7 Å². The second kappa shape index (κ2) is 8.27. The number of piperidine rings is 1. The molecule has 0 bridgehead atoms. The molecule has 2 atom stereocenters. The Labute approximate surface area is 176 Å². The highest BCUT2D eigenvalue weighted by atomic mass is 19.4. The number of hydrogen-bond acceptors (Lipinski definition) is 6. The second-order valence-corrected chi connectivity index (χ2v) is 7.90. The lowest BCUT2D eigenvalue weighted by Crippen LogP contribution is -2.42. The minimum atomic E-state index is -4.55. The van der Waals surface area contributed by atoms with E-state index in [1.807, 2.05) is 0 Å². The summed E-state index contributed by atoms with van der Waals surface area (Å²) >= 11 is 0. The summed E-state index contributed by atoms with van der Waals surface area (Å²) in [6, 6.07) is 1.06. The van der Waals surface area contributed by atoms with Crippen LogP contribution in [0, 0.1) is 5.92 Å². The van der Waals surface area contributed by atoms with E-state index in [1.54, 1.807) is 29.8 Å². The molecule has 1 saturated heterocycles. The van der Waals surface area contributed by atoms with Gasteiger partial charge in [-0.3, -0.25) is 9.48 Å². The number of likely N-dealkylation sites (tertiary alicyclic amines) is 1. The van der Waals surface area contributed by atoms with E-state index in [9.17, 15) is 18.0 Å². The van der Waals surface area contributed by atoms with E-state index < -0.39 is 11.7 Å². The lowest BCUT2D eigenvalue weighted by Gasteiger charge is -2.33. The summed E-state index contributed by atoms with van der Waals surface area (Å²) in [5.74, 6) is -0.766. The van der Waals surface area contributed by atoms with E-state index in [0.29, 0.717) is 38.0 Å². The number of halogens is 3. The second-order valence-electron chi connectivity index (χ2n) is 7.90. The van der Waals surface area contributed by atoms with Crippen molar-refractivity contribution in [1.82, 2.24) is 29.8 Å². The predicted molar refractivity (Wildman–Crippen MR) is 104 cm³/mol. The molecule has 4 rings (SSSR count).